The van der Waals surface area contributed by atoms with E-state index in [1.54, 1.807) is 37.3 Å². The number of ether oxygens (including phenoxy) is 3. The van der Waals surface area contributed by atoms with Crippen LogP contribution in [0, 0.1) is 0 Å². The van der Waals surface area contributed by atoms with E-state index in [2.05, 4.69) is 34.8 Å². The van der Waals surface area contributed by atoms with Crippen LogP contribution < -0.4 is 9.04 Å². The van der Waals surface area contributed by atoms with Crippen molar-refractivity contribution in [1.29, 1.82) is 0 Å². The van der Waals surface area contributed by atoms with E-state index in [-0.39, 0.29) is 11.6 Å². The predicted octanol–water partition coefficient (Wildman–Crippen LogP) is 4.94. The lowest BCUT2D eigenvalue weighted by Gasteiger charge is -2.27. The van der Waals surface area contributed by atoms with Crippen molar-refractivity contribution in [1.82, 2.24) is 24.5 Å². The molecule has 0 amide bonds. The molecule has 3 heterocycles. The molecule has 0 saturated carbocycles. The van der Waals surface area contributed by atoms with E-state index in [9.17, 15) is 8.42 Å². The monoisotopic (exact) mass is 600 g/mol. The van der Waals surface area contributed by atoms with Crippen LogP contribution in [-0.2, 0) is 32.1 Å². The van der Waals surface area contributed by atoms with E-state index < -0.39 is 23.7 Å². The first kappa shape index (κ1) is 30.7. The van der Waals surface area contributed by atoms with Crippen molar-refractivity contribution >= 4 is 34.7 Å². The Kier molecular flexibility index (Phi) is 8.92. The summed E-state index contributed by atoms with van der Waals surface area (Å²) in [6, 6.07) is 8.22. The van der Waals surface area contributed by atoms with E-state index in [0.29, 0.717) is 29.4 Å². The first-order chi connectivity index (χ1) is 19.3. The molecule has 3 aromatic heterocycles. The molecule has 1 atom stereocenters. The van der Waals surface area contributed by atoms with Crippen LogP contribution in [0.25, 0.3) is 16.7 Å². The van der Waals surface area contributed by atoms with Crippen LogP contribution in [0.5, 0.6) is 5.75 Å². The van der Waals surface area contributed by atoms with Gasteiger partial charge in [0.05, 0.1) is 36.8 Å². The third-order valence-corrected chi connectivity index (χ3v) is 10.8. The van der Waals surface area contributed by atoms with Crippen molar-refractivity contribution in [2.24, 2.45) is 7.05 Å². The zero-order valence-corrected chi connectivity index (χ0v) is 26.9. The Labute approximate surface area is 243 Å². The highest BCUT2D eigenvalue weighted by atomic mass is 32.2. The maximum atomic E-state index is 14.3. The number of hydrogen-bond donors (Lipinski definition) is 0. The molecule has 0 fully saturated rings. The van der Waals surface area contributed by atoms with Gasteiger partial charge in [0.1, 0.15) is 23.1 Å². The Morgan fingerprint density at radius 3 is 2.51 bits per heavy atom. The van der Waals surface area contributed by atoms with Crippen molar-refractivity contribution < 1.29 is 22.6 Å². The summed E-state index contributed by atoms with van der Waals surface area (Å²) >= 11 is 0. The molecular formula is C28H40N6O5SSi. The maximum Gasteiger partial charge on any atom is 0.269 e. The SMILES string of the molecule is CC[C@](C)(OC)c1ccnc(-n2cc(S(=O)(=O)N(COCC[Si](C)(C)C)c3c(OC)ccc4cnn(C)c34)cn2)c1. The maximum absolute atomic E-state index is 14.3. The zero-order valence-electron chi connectivity index (χ0n) is 25.1. The summed E-state index contributed by atoms with van der Waals surface area (Å²) in [5.74, 6) is 0.864. The summed E-state index contributed by atoms with van der Waals surface area (Å²) in [4.78, 5) is 4.42. The summed E-state index contributed by atoms with van der Waals surface area (Å²) in [5, 5.41) is 9.50. The van der Waals surface area contributed by atoms with E-state index in [0.717, 1.165) is 23.4 Å². The Balaban J connectivity index is 1.78. The molecule has 0 N–H and O–H groups in total. The summed E-state index contributed by atoms with van der Waals surface area (Å²) in [6.07, 6.45) is 6.89. The molecule has 4 aromatic rings. The number of sulfonamides is 1. The first-order valence-electron chi connectivity index (χ1n) is 13.5. The van der Waals surface area contributed by atoms with Crippen LogP contribution in [0.1, 0.15) is 25.8 Å². The molecule has 0 aliphatic carbocycles. The molecule has 0 saturated heterocycles. The average molecular weight is 601 g/mol. The highest BCUT2D eigenvalue weighted by Crippen LogP contribution is 2.39. The highest BCUT2D eigenvalue weighted by molar-refractivity contribution is 7.92. The van der Waals surface area contributed by atoms with Gasteiger partial charge in [-0.2, -0.15) is 10.2 Å². The lowest BCUT2D eigenvalue weighted by atomic mass is 9.94. The third kappa shape index (κ3) is 6.32. The standard InChI is InChI=1S/C28H40N6O5SSi/c1-9-28(2,38-5)22-12-13-29-25(16-22)33-19-23(18-31-33)40(35,36)34(20-39-14-15-41(6,7)8)27-24(37-4)11-10-21-17-30-32(3)26(21)27/h10-13,16-19H,9,14-15,20H2,1-8H3/t28-/m0/s1. The second-order valence-corrected chi connectivity index (χ2v) is 18.8. The summed E-state index contributed by atoms with van der Waals surface area (Å²) in [7, 11) is -0.613. The van der Waals surface area contributed by atoms with Gasteiger partial charge >= 0.3 is 0 Å². The Morgan fingerprint density at radius 2 is 1.85 bits per heavy atom. The predicted molar refractivity (Wildman–Crippen MR) is 162 cm³/mol. The van der Waals surface area contributed by atoms with Gasteiger partial charge in [-0.05, 0) is 49.2 Å². The molecule has 0 aliphatic rings. The van der Waals surface area contributed by atoms with Gasteiger partial charge in [-0.3, -0.25) is 4.68 Å². The van der Waals surface area contributed by atoms with Gasteiger partial charge in [-0.25, -0.2) is 22.4 Å². The van der Waals surface area contributed by atoms with Gasteiger partial charge in [-0.1, -0.05) is 26.6 Å². The van der Waals surface area contributed by atoms with E-state index in [1.807, 2.05) is 32.0 Å². The average Bonchev–Trinajstić information content (AvgIpc) is 3.60. The molecule has 0 bridgehead atoms. The van der Waals surface area contributed by atoms with Crippen molar-refractivity contribution in [3.05, 3.63) is 54.6 Å². The van der Waals surface area contributed by atoms with Crippen molar-refractivity contribution in [2.45, 2.75) is 56.4 Å². The quantitative estimate of drug-likeness (QED) is 0.120. The minimum Gasteiger partial charge on any atom is -0.494 e. The molecule has 0 aliphatic heterocycles. The van der Waals surface area contributed by atoms with Gasteiger partial charge < -0.3 is 14.2 Å². The van der Waals surface area contributed by atoms with Crippen molar-refractivity contribution in [3.63, 3.8) is 0 Å². The Morgan fingerprint density at radius 1 is 1.10 bits per heavy atom. The molecule has 222 valence electrons. The van der Waals surface area contributed by atoms with E-state index >= 15 is 0 Å². The summed E-state index contributed by atoms with van der Waals surface area (Å²) in [5.41, 5.74) is 1.37. The smallest absolute Gasteiger partial charge is 0.269 e. The van der Waals surface area contributed by atoms with E-state index in [1.165, 1.54) is 28.5 Å². The van der Waals surface area contributed by atoms with Gasteiger partial charge in [0.15, 0.2) is 5.82 Å². The number of fused-ring (bicyclic) bond motifs is 1. The van der Waals surface area contributed by atoms with Crippen LogP contribution in [0.3, 0.4) is 0 Å². The van der Waals surface area contributed by atoms with Gasteiger partial charge in [0, 0.05) is 40.4 Å². The largest absolute Gasteiger partial charge is 0.494 e. The molecule has 13 heteroatoms. The Bertz CT molecular complexity index is 1610. The number of nitrogens with zero attached hydrogens (tertiary/aromatic N) is 6. The number of aryl methyl sites for hydroxylation is 1. The number of pyridine rings is 1. The molecule has 4 rings (SSSR count). The number of hydrogen-bond acceptors (Lipinski definition) is 8. The Hall–Kier alpha value is -3.26. The fraction of sp³-hybridized carbons (Fsp3) is 0.464. The molecule has 0 spiro atoms. The minimum absolute atomic E-state index is 0.00952. The van der Waals surface area contributed by atoms with Gasteiger partial charge in [0.25, 0.3) is 10.0 Å². The summed E-state index contributed by atoms with van der Waals surface area (Å²) in [6.45, 7) is 11.0. The first-order valence-corrected chi connectivity index (χ1v) is 18.7. The number of rotatable bonds is 13. The third-order valence-electron chi connectivity index (χ3n) is 7.38. The molecule has 41 heavy (non-hydrogen) atoms. The topological polar surface area (TPSA) is 114 Å². The fourth-order valence-electron chi connectivity index (χ4n) is 4.44. The number of benzene rings is 1. The minimum atomic E-state index is -4.16. The fourth-order valence-corrected chi connectivity index (χ4v) is 6.50. The van der Waals surface area contributed by atoms with E-state index in [4.69, 9.17) is 14.2 Å². The molecule has 0 radical (unpaired) electrons. The molecule has 0 unspecified atom stereocenters. The van der Waals surface area contributed by atoms with Gasteiger partial charge in [-0.15, -0.1) is 0 Å². The van der Waals surface area contributed by atoms with Crippen LogP contribution in [0.15, 0.2) is 53.9 Å². The van der Waals surface area contributed by atoms with Crippen LogP contribution in [-0.4, -0.2) is 68.6 Å². The van der Waals surface area contributed by atoms with Crippen LogP contribution in [0.4, 0.5) is 5.69 Å². The second-order valence-electron chi connectivity index (χ2n) is 11.3. The normalized spacial score (nSPS) is 13.9. The number of aromatic nitrogens is 5. The van der Waals surface area contributed by atoms with Gasteiger partial charge in [0.2, 0.25) is 0 Å². The highest BCUT2D eigenvalue weighted by Gasteiger charge is 2.32. The van der Waals surface area contributed by atoms with Crippen LogP contribution in [0.2, 0.25) is 25.7 Å². The second kappa shape index (κ2) is 11.9. The van der Waals surface area contributed by atoms with Crippen LogP contribution >= 0.6 is 0 Å². The molecular weight excluding hydrogens is 560 g/mol. The summed E-state index contributed by atoms with van der Waals surface area (Å²) < 4.78 is 50.3. The van der Waals surface area contributed by atoms with Crippen molar-refractivity contribution in [2.75, 3.05) is 31.9 Å². The lowest BCUT2D eigenvalue weighted by Crippen LogP contribution is -2.34. The number of methoxy groups -OCH3 is 2. The van der Waals surface area contributed by atoms with Crippen molar-refractivity contribution in [3.8, 4) is 11.6 Å². The molecule has 11 nitrogen and oxygen atoms in total. The lowest BCUT2D eigenvalue weighted by molar-refractivity contribution is -0.00147. The molecule has 1 aromatic carbocycles. The number of anilines is 1. The zero-order chi connectivity index (χ0) is 30.0.